The van der Waals surface area contributed by atoms with Crippen molar-refractivity contribution in [1.29, 1.82) is 0 Å². The zero-order valence-corrected chi connectivity index (χ0v) is 15.8. The Morgan fingerprint density at radius 3 is 2.38 bits per heavy atom. The SMILES string of the molecule is F/C(=C\Cc1ccc(F)c(Oc2ccccc2)c1)C(c1ccc(F)cc1)C1CC1. The van der Waals surface area contributed by atoms with Crippen LogP contribution in [0.3, 0.4) is 0 Å². The van der Waals surface area contributed by atoms with Crippen molar-refractivity contribution < 1.29 is 17.9 Å². The molecule has 1 nitrogen and oxygen atoms in total. The predicted molar refractivity (Wildman–Crippen MR) is 108 cm³/mol. The molecular weight excluding hydrogens is 373 g/mol. The van der Waals surface area contributed by atoms with Crippen LogP contribution in [-0.2, 0) is 6.42 Å². The minimum Gasteiger partial charge on any atom is -0.454 e. The summed E-state index contributed by atoms with van der Waals surface area (Å²) in [5.74, 6) is -0.476. The van der Waals surface area contributed by atoms with Crippen molar-refractivity contribution in [2.45, 2.75) is 25.2 Å². The lowest BCUT2D eigenvalue weighted by atomic mass is 9.92. The van der Waals surface area contributed by atoms with E-state index in [1.165, 1.54) is 24.3 Å². The van der Waals surface area contributed by atoms with E-state index in [0.29, 0.717) is 12.2 Å². The summed E-state index contributed by atoms with van der Waals surface area (Å²) in [6.07, 6.45) is 3.79. The summed E-state index contributed by atoms with van der Waals surface area (Å²) in [5.41, 5.74) is 1.54. The largest absolute Gasteiger partial charge is 0.454 e. The van der Waals surface area contributed by atoms with E-state index in [0.717, 1.165) is 24.0 Å². The molecule has 0 bridgehead atoms. The molecule has 29 heavy (non-hydrogen) atoms. The average molecular weight is 394 g/mol. The number of benzene rings is 3. The molecule has 3 aromatic rings. The summed E-state index contributed by atoms with van der Waals surface area (Å²) in [6.45, 7) is 0. The molecule has 0 heterocycles. The monoisotopic (exact) mass is 394 g/mol. The van der Waals surface area contributed by atoms with Crippen molar-refractivity contribution in [3.05, 3.63) is 107 Å². The van der Waals surface area contributed by atoms with E-state index >= 15 is 4.39 Å². The first kappa shape index (κ1) is 19.3. The maximum absolute atomic E-state index is 15.0. The number of hydrogen-bond donors (Lipinski definition) is 0. The van der Waals surface area contributed by atoms with Crippen LogP contribution >= 0.6 is 0 Å². The second kappa shape index (κ2) is 8.56. The summed E-state index contributed by atoms with van der Waals surface area (Å²) in [6, 6.07) is 19.5. The van der Waals surface area contributed by atoms with Gasteiger partial charge in [0.25, 0.3) is 0 Å². The summed E-state index contributed by atoms with van der Waals surface area (Å²) in [4.78, 5) is 0. The quantitative estimate of drug-likeness (QED) is 0.407. The number of halogens is 3. The Kier molecular flexibility index (Phi) is 5.70. The van der Waals surface area contributed by atoms with Crippen LogP contribution in [0.4, 0.5) is 13.2 Å². The number of hydrogen-bond acceptors (Lipinski definition) is 1. The average Bonchev–Trinajstić information content (AvgIpc) is 3.56. The molecule has 3 aromatic carbocycles. The molecule has 0 aromatic heterocycles. The van der Waals surface area contributed by atoms with Crippen molar-refractivity contribution in [1.82, 2.24) is 0 Å². The molecule has 1 fully saturated rings. The molecule has 0 radical (unpaired) electrons. The summed E-state index contributed by atoms with van der Waals surface area (Å²) in [7, 11) is 0. The molecule has 1 unspecified atom stereocenters. The lowest BCUT2D eigenvalue weighted by Crippen LogP contribution is -2.03. The van der Waals surface area contributed by atoms with Gasteiger partial charge in [0.1, 0.15) is 17.4 Å². The highest BCUT2D eigenvalue weighted by Gasteiger charge is 2.35. The van der Waals surface area contributed by atoms with Gasteiger partial charge in [-0.1, -0.05) is 36.4 Å². The molecule has 0 amide bonds. The molecule has 1 aliphatic carbocycles. The number of para-hydroxylation sites is 1. The Hall–Kier alpha value is -3.01. The smallest absolute Gasteiger partial charge is 0.165 e. The second-order valence-electron chi connectivity index (χ2n) is 7.34. The van der Waals surface area contributed by atoms with E-state index in [1.807, 2.05) is 18.2 Å². The molecule has 1 aliphatic rings. The number of rotatable bonds is 7. The van der Waals surface area contributed by atoms with E-state index in [-0.39, 0.29) is 29.2 Å². The zero-order chi connectivity index (χ0) is 20.2. The van der Waals surface area contributed by atoms with Gasteiger partial charge in [0.05, 0.1) is 0 Å². The predicted octanol–water partition coefficient (Wildman–Crippen LogP) is 7.35. The van der Waals surface area contributed by atoms with Gasteiger partial charge in [0, 0.05) is 5.92 Å². The molecule has 0 aliphatic heterocycles. The van der Waals surface area contributed by atoms with Crippen LogP contribution in [0.2, 0.25) is 0 Å². The van der Waals surface area contributed by atoms with Crippen LogP contribution in [0.1, 0.15) is 29.9 Å². The molecule has 4 rings (SSSR count). The normalized spacial score (nSPS) is 15.2. The first-order valence-corrected chi connectivity index (χ1v) is 9.72. The van der Waals surface area contributed by atoms with Crippen molar-refractivity contribution in [3.8, 4) is 11.5 Å². The van der Waals surface area contributed by atoms with Crippen molar-refractivity contribution in [2.75, 3.05) is 0 Å². The summed E-state index contributed by atoms with van der Waals surface area (Å²) in [5, 5.41) is 0. The van der Waals surface area contributed by atoms with Gasteiger partial charge in [0.2, 0.25) is 0 Å². The van der Waals surface area contributed by atoms with Gasteiger partial charge in [-0.3, -0.25) is 0 Å². The van der Waals surface area contributed by atoms with Crippen LogP contribution in [0.25, 0.3) is 0 Å². The first-order chi connectivity index (χ1) is 14.1. The van der Waals surface area contributed by atoms with E-state index in [4.69, 9.17) is 4.74 Å². The first-order valence-electron chi connectivity index (χ1n) is 9.72. The van der Waals surface area contributed by atoms with Gasteiger partial charge >= 0.3 is 0 Å². The van der Waals surface area contributed by atoms with Crippen LogP contribution in [0.15, 0.2) is 84.7 Å². The molecule has 0 spiro atoms. The molecular formula is C25H21F3O. The number of allylic oxidation sites excluding steroid dienone is 2. The maximum Gasteiger partial charge on any atom is 0.165 e. The van der Waals surface area contributed by atoms with Gasteiger partial charge in [-0.25, -0.2) is 13.2 Å². The molecule has 0 N–H and O–H groups in total. The Balaban J connectivity index is 1.51. The Morgan fingerprint density at radius 2 is 1.69 bits per heavy atom. The van der Waals surface area contributed by atoms with E-state index in [9.17, 15) is 8.78 Å². The zero-order valence-electron chi connectivity index (χ0n) is 15.8. The van der Waals surface area contributed by atoms with Crippen LogP contribution in [-0.4, -0.2) is 0 Å². The highest BCUT2D eigenvalue weighted by atomic mass is 19.1. The Bertz CT molecular complexity index is 992. The van der Waals surface area contributed by atoms with Gasteiger partial charge in [-0.2, -0.15) is 0 Å². The third-order valence-electron chi connectivity index (χ3n) is 5.12. The van der Waals surface area contributed by atoms with Crippen LogP contribution in [0, 0.1) is 17.6 Å². The Morgan fingerprint density at radius 1 is 0.966 bits per heavy atom. The van der Waals surface area contributed by atoms with Crippen molar-refractivity contribution in [3.63, 3.8) is 0 Å². The van der Waals surface area contributed by atoms with Crippen LogP contribution in [0.5, 0.6) is 11.5 Å². The Labute approximate surface area is 168 Å². The van der Waals surface area contributed by atoms with E-state index in [2.05, 4.69) is 0 Å². The molecule has 148 valence electrons. The third kappa shape index (κ3) is 4.89. The highest BCUT2D eigenvalue weighted by molar-refractivity contribution is 5.37. The van der Waals surface area contributed by atoms with E-state index < -0.39 is 5.82 Å². The van der Waals surface area contributed by atoms with E-state index in [1.54, 1.807) is 36.4 Å². The topological polar surface area (TPSA) is 9.23 Å². The van der Waals surface area contributed by atoms with Crippen molar-refractivity contribution >= 4 is 0 Å². The van der Waals surface area contributed by atoms with Crippen LogP contribution < -0.4 is 4.74 Å². The molecule has 4 heteroatoms. The van der Waals surface area contributed by atoms with Gasteiger partial charge in [0.15, 0.2) is 11.6 Å². The number of ether oxygens (including phenoxy) is 1. The third-order valence-corrected chi connectivity index (χ3v) is 5.12. The molecule has 0 saturated heterocycles. The summed E-state index contributed by atoms with van der Waals surface area (Å²) >= 11 is 0. The minimum atomic E-state index is -0.468. The second-order valence-corrected chi connectivity index (χ2v) is 7.34. The summed E-state index contributed by atoms with van der Waals surface area (Å²) < 4.78 is 47.9. The van der Waals surface area contributed by atoms with Gasteiger partial charge < -0.3 is 4.74 Å². The van der Waals surface area contributed by atoms with Gasteiger partial charge in [-0.15, -0.1) is 0 Å². The minimum absolute atomic E-state index is 0.111. The highest BCUT2D eigenvalue weighted by Crippen LogP contribution is 2.47. The van der Waals surface area contributed by atoms with Gasteiger partial charge in [-0.05, 0) is 78.8 Å². The lowest BCUT2D eigenvalue weighted by molar-refractivity contribution is 0.441. The maximum atomic E-state index is 15.0. The fourth-order valence-corrected chi connectivity index (χ4v) is 3.47. The van der Waals surface area contributed by atoms with Crippen molar-refractivity contribution in [2.24, 2.45) is 5.92 Å². The fraction of sp³-hybridized carbons (Fsp3) is 0.200. The molecule has 1 saturated carbocycles. The fourth-order valence-electron chi connectivity index (χ4n) is 3.47. The molecule has 1 atom stereocenters. The standard InChI is InChI=1S/C25H21F3O/c26-20-12-10-19(11-13-20)25(18-8-9-18)23(28)15-7-17-6-14-22(27)24(16-17)29-21-4-2-1-3-5-21/h1-6,10-16,18,25H,7-9H2/b23-15-. The lowest BCUT2D eigenvalue weighted by Gasteiger charge is -2.15.